The largest absolute Gasteiger partial charge is 0.333 e. The SMILES string of the molecule is Cc1ccc(S(=O)(=O)N2CCCCC2)cc1NC(=O)C[NH2+][C@@H](C)c1ccccc1. The van der Waals surface area contributed by atoms with Gasteiger partial charge in [0.25, 0.3) is 5.91 Å². The Hall–Kier alpha value is -2.22. The van der Waals surface area contributed by atoms with E-state index in [4.69, 9.17) is 0 Å². The first kappa shape index (κ1) is 21.5. The van der Waals surface area contributed by atoms with Gasteiger partial charge >= 0.3 is 0 Å². The molecular formula is C22H30N3O3S+. The Kier molecular flexibility index (Phi) is 7.05. The van der Waals surface area contributed by atoms with Crippen LogP contribution in [0, 0.1) is 6.92 Å². The summed E-state index contributed by atoms with van der Waals surface area (Å²) in [4.78, 5) is 12.7. The average Bonchev–Trinajstić information content (AvgIpc) is 2.74. The van der Waals surface area contributed by atoms with Crippen LogP contribution >= 0.6 is 0 Å². The lowest BCUT2D eigenvalue weighted by molar-refractivity contribution is -0.682. The van der Waals surface area contributed by atoms with Crippen molar-refractivity contribution in [1.29, 1.82) is 0 Å². The van der Waals surface area contributed by atoms with Crippen LogP contribution in [0.15, 0.2) is 53.4 Å². The van der Waals surface area contributed by atoms with Gasteiger partial charge in [-0.25, -0.2) is 8.42 Å². The topological polar surface area (TPSA) is 83.1 Å². The number of hydrogen-bond donors (Lipinski definition) is 2. The molecule has 156 valence electrons. The van der Waals surface area contributed by atoms with E-state index in [-0.39, 0.29) is 23.4 Å². The third kappa shape index (κ3) is 5.44. The molecule has 6 nitrogen and oxygen atoms in total. The second-order valence-electron chi connectivity index (χ2n) is 7.63. The van der Waals surface area contributed by atoms with Crippen LogP contribution in [0.5, 0.6) is 0 Å². The summed E-state index contributed by atoms with van der Waals surface area (Å²) in [6, 6.07) is 15.1. The quantitative estimate of drug-likeness (QED) is 0.727. The van der Waals surface area contributed by atoms with E-state index in [0.717, 1.165) is 30.4 Å². The third-order valence-electron chi connectivity index (χ3n) is 5.42. The minimum atomic E-state index is -3.52. The normalized spacial score (nSPS) is 16.3. The number of quaternary nitrogens is 1. The molecule has 1 aliphatic rings. The average molecular weight is 417 g/mol. The van der Waals surface area contributed by atoms with Crippen LogP contribution in [-0.4, -0.2) is 38.3 Å². The fourth-order valence-corrected chi connectivity index (χ4v) is 5.07. The van der Waals surface area contributed by atoms with Gasteiger partial charge in [-0.3, -0.25) is 4.79 Å². The van der Waals surface area contributed by atoms with Gasteiger partial charge in [0.05, 0.1) is 4.90 Å². The third-order valence-corrected chi connectivity index (χ3v) is 7.31. The molecule has 3 N–H and O–H groups in total. The molecule has 1 fully saturated rings. The fraction of sp³-hybridized carbons (Fsp3) is 0.409. The van der Waals surface area contributed by atoms with E-state index in [9.17, 15) is 13.2 Å². The highest BCUT2D eigenvalue weighted by atomic mass is 32.2. The first-order valence-electron chi connectivity index (χ1n) is 10.2. The maximum absolute atomic E-state index is 12.9. The maximum Gasteiger partial charge on any atom is 0.279 e. The van der Waals surface area contributed by atoms with Crippen molar-refractivity contribution in [3.8, 4) is 0 Å². The number of nitrogens with zero attached hydrogens (tertiary/aromatic N) is 1. The van der Waals surface area contributed by atoms with Crippen LogP contribution in [0.25, 0.3) is 0 Å². The monoisotopic (exact) mass is 416 g/mol. The maximum atomic E-state index is 12.9. The van der Waals surface area contributed by atoms with Crippen LogP contribution < -0.4 is 10.6 Å². The van der Waals surface area contributed by atoms with Gasteiger partial charge < -0.3 is 10.6 Å². The van der Waals surface area contributed by atoms with Crippen molar-refractivity contribution in [3.63, 3.8) is 0 Å². The van der Waals surface area contributed by atoms with Crippen molar-refractivity contribution in [1.82, 2.24) is 4.31 Å². The number of benzene rings is 2. The molecule has 0 saturated carbocycles. The second-order valence-corrected chi connectivity index (χ2v) is 9.57. The molecule has 3 rings (SSSR count). The number of aryl methyl sites for hydroxylation is 1. The van der Waals surface area contributed by atoms with Gasteiger partial charge in [-0.1, -0.05) is 42.8 Å². The minimum Gasteiger partial charge on any atom is -0.333 e. The molecule has 2 aromatic carbocycles. The molecule has 7 heteroatoms. The first-order valence-corrected chi connectivity index (χ1v) is 11.6. The number of nitrogens with one attached hydrogen (secondary N) is 1. The smallest absolute Gasteiger partial charge is 0.279 e. The van der Waals surface area contributed by atoms with Crippen molar-refractivity contribution in [3.05, 3.63) is 59.7 Å². The molecule has 0 aromatic heterocycles. The van der Waals surface area contributed by atoms with Crippen molar-refractivity contribution in [2.75, 3.05) is 25.0 Å². The number of sulfonamides is 1. The molecule has 2 aromatic rings. The van der Waals surface area contributed by atoms with Gasteiger partial charge in [-0.2, -0.15) is 4.31 Å². The number of hydrogen-bond acceptors (Lipinski definition) is 3. The Bertz CT molecular complexity index is 939. The molecule has 29 heavy (non-hydrogen) atoms. The first-order chi connectivity index (χ1) is 13.9. The van der Waals surface area contributed by atoms with E-state index < -0.39 is 10.0 Å². The predicted molar refractivity (Wildman–Crippen MR) is 114 cm³/mol. The molecule has 0 bridgehead atoms. The summed E-state index contributed by atoms with van der Waals surface area (Å²) in [5.41, 5.74) is 2.55. The zero-order valence-electron chi connectivity index (χ0n) is 17.1. The highest BCUT2D eigenvalue weighted by Gasteiger charge is 2.26. The van der Waals surface area contributed by atoms with Crippen LogP contribution in [-0.2, 0) is 14.8 Å². The van der Waals surface area contributed by atoms with Crippen molar-refractivity contribution >= 4 is 21.6 Å². The summed E-state index contributed by atoms with van der Waals surface area (Å²) < 4.78 is 27.4. The molecule has 0 unspecified atom stereocenters. The predicted octanol–water partition coefficient (Wildman–Crippen LogP) is 2.43. The van der Waals surface area contributed by atoms with E-state index in [1.54, 1.807) is 22.5 Å². The van der Waals surface area contributed by atoms with E-state index >= 15 is 0 Å². The number of amides is 1. The summed E-state index contributed by atoms with van der Waals surface area (Å²) in [6.45, 7) is 5.30. The molecule has 1 atom stereocenters. The van der Waals surface area contributed by atoms with E-state index in [2.05, 4.69) is 12.2 Å². The molecular weight excluding hydrogens is 386 g/mol. The molecule has 1 heterocycles. The Morgan fingerprint density at radius 3 is 2.48 bits per heavy atom. The number of anilines is 1. The highest BCUT2D eigenvalue weighted by Crippen LogP contribution is 2.25. The van der Waals surface area contributed by atoms with Crippen molar-refractivity contribution in [2.45, 2.75) is 44.0 Å². The summed E-state index contributed by atoms with van der Waals surface area (Å²) in [5.74, 6) is -0.150. The Morgan fingerprint density at radius 2 is 1.79 bits per heavy atom. The lowest BCUT2D eigenvalue weighted by Gasteiger charge is -2.26. The van der Waals surface area contributed by atoms with E-state index in [1.807, 2.05) is 42.6 Å². The number of nitrogens with two attached hydrogens (primary N) is 1. The zero-order chi connectivity index (χ0) is 20.9. The van der Waals surface area contributed by atoms with Gasteiger partial charge in [0.1, 0.15) is 6.04 Å². The van der Waals surface area contributed by atoms with Gasteiger partial charge in [0.15, 0.2) is 6.54 Å². The van der Waals surface area contributed by atoms with Gasteiger partial charge in [0.2, 0.25) is 10.0 Å². The van der Waals surface area contributed by atoms with E-state index in [0.29, 0.717) is 18.8 Å². The van der Waals surface area contributed by atoms with Crippen LogP contribution in [0.3, 0.4) is 0 Å². The summed E-state index contributed by atoms with van der Waals surface area (Å²) >= 11 is 0. The van der Waals surface area contributed by atoms with E-state index in [1.165, 1.54) is 0 Å². The highest BCUT2D eigenvalue weighted by molar-refractivity contribution is 7.89. The Balaban J connectivity index is 1.66. The van der Waals surface area contributed by atoms with Crippen LogP contribution in [0.1, 0.15) is 43.4 Å². The molecule has 0 radical (unpaired) electrons. The molecule has 0 spiro atoms. The van der Waals surface area contributed by atoms with Gasteiger partial charge in [0, 0.05) is 24.3 Å². The number of rotatable bonds is 7. The molecule has 0 aliphatic carbocycles. The Labute approximate surface area is 173 Å². The summed E-state index contributed by atoms with van der Waals surface area (Å²) in [6.07, 6.45) is 2.85. The lowest BCUT2D eigenvalue weighted by atomic mass is 10.1. The Morgan fingerprint density at radius 1 is 1.10 bits per heavy atom. The van der Waals surface area contributed by atoms with Gasteiger partial charge in [-0.15, -0.1) is 0 Å². The fourth-order valence-electron chi connectivity index (χ4n) is 3.53. The van der Waals surface area contributed by atoms with Gasteiger partial charge in [-0.05, 0) is 44.4 Å². The number of piperidine rings is 1. The van der Waals surface area contributed by atoms with Crippen molar-refractivity contribution < 1.29 is 18.5 Å². The zero-order valence-corrected chi connectivity index (χ0v) is 17.9. The summed E-state index contributed by atoms with van der Waals surface area (Å²) in [5, 5.41) is 4.85. The lowest BCUT2D eigenvalue weighted by Crippen LogP contribution is -2.86. The number of carbonyl (C=O) groups is 1. The molecule has 1 amide bonds. The van der Waals surface area contributed by atoms with Crippen LogP contribution in [0.4, 0.5) is 5.69 Å². The molecule has 1 aliphatic heterocycles. The molecule has 1 saturated heterocycles. The second kappa shape index (κ2) is 9.52. The number of carbonyl (C=O) groups excluding carboxylic acids is 1. The standard InChI is InChI=1S/C22H29N3O3S/c1-17-11-12-20(29(27,28)25-13-7-4-8-14-25)15-21(17)24-22(26)16-23-18(2)19-9-5-3-6-10-19/h3,5-6,9-12,15,18,23H,4,7-8,13-14,16H2,1-2H3,(H,24,26)/p+1/t18-/m0/s1. The van der Waals surface area contributed by atoms with Crippen molar-refractivity contribution in [2.24, 2.45) is 0 Å². The van der Waals surface area contributed by atoms with Crippen LogP contribution in [0.2, 0.25) is 0 Å². The summed E-state index contributed by atoms with van der Waals surface area (Å²) in [7, 11) is -3.52. The minimum absolute atomic E-state index is 0.150.